The van der Waals surface area contributed by atoms with Gasteiger partial charge in [-0.2, -0.15) is 5.10 Å². The maximum atomic E-state index is 12.0. The van der Waals surface area contributed by atoms with Gasteiger partial charge in [0.1, 0.15) is 5.82 Å². The molecular weight excluding hydrogens is 306 g/mol. The highest BCUT2D eigenvalue weighted by Gasteiger charge is 2.16. The second kappa shape index (κ2) is 9.02. The molecule has 0 aliphatic heterocycles. The molecule has 0 saturated heterocycles. The molecule has 2 amide bonds. The van der Waals surface area contributed by atoms with Crippen LogP contribution < -0.4 is 10.6 Å². The van der Waals surface area contributed by atoms with E-state index < -0.39 is 6.10 Å². The number of amides is 2. The molecule has 0 radical (unpaired) electrons. The van der Waals surface area contributed by atoms with Crippen LogP contribution in [0.15, 0.2) is 36.7 Å². The van der Waals surface area contributed by atoms with Crippen molar-refractivity contribution in [3.63, 3.8) is 0 Å². The van der Waals surface area contributed by atoms with Gasteiger partial charge in [-0.05, 0) is 18.1 Å². The van der Waals surface area contributed by atoms with E-state index in [0.29, 0.717) is 12.4 Å². The largest absolute Gasteiger partial charge is 0.391 e. The summed E-state index contributed by atoms with van der Waals surface area (Å²) in [5.41, 5.74) is 0.855. The lowest BCUT2D eigenvalue weighted by molar-refractivity contribution is 0.104. The van der Waals surface area contributed by atoms with Gasteiger partial charge in [0.15, 0.2) is 0 Å². The second-order valence-corrected chi connectivity index (χ2v) is 5.67. The summed E-state index contributed by atoms with van der Waals surface area (Å²) in [6, 6.07) is 7.02. The zero-order valence-corrected chi connectivity index (χ0v) is 14.1. The zero-order chi connectivity index (χ0) is 17.4. The van der Waals surface area contributed by atoms with E-state index in [1.165, 1.54) is 0 Å². The molecule has 3 N–H and O–H groups in total. The van der Waals surface area contributed by atoms with E-state index in [0.717, 1.165) is 18.5 Å². The van der Waals surface area contributed by atoms with Crippen LogP contribution in [0.4, 0.5) is 10.6 Å². The first-order chi connectivity index (χ1) is 11.6. The molecular formula is C17H25N5O2. The minimum Gasteiger partial charge on any atom is -0.391 e. The summed E-state index contributed by atoms with van der Waals surface area (Å²) in [5.74, 6) is 0.773. The van der Waals surface area contributed by atoms with Gasteiger partial charge in [0, 0.05) is 18.8 Å². The number of aliphatic hydroxyl groups is 1. The van der Waals surface area contributed by atoms with Crippen LogP contribution in [0.3, 0.4) is 0 Å². The van der Waals surface area contributed by atoms with Crippen LogP contribution in [-0.2, 0) is 6.54 Å². The molecule has 0 aliphatic rings. The fourth-order valence-electron chi connectivity index (χ4n) is 2.57. The quantitative estimate of drug-likeness (QED) is 0.692. The lowest BCUT2D eigenvalue weighted by Crippen LogP contribution is -2.38. The number of hydrogen-bond acceptors (Lipinski definition) is 4. The second-order valence-electron chi connectivity index (χ2n) is 5.67. The number of aromatic nitrogens is 3. The van der Waals surface area contributed by atoms with Gasteiger partial charge in [-0.15, -0.1) is 0 Å². The molecule has 2 aromatic rings. The van der Waals surface area contributed by atoms with Gasteiger partial charge in [-0.1, -0.05) is 32.8 Å². The van der Waals surface area contributed by atoms with Crippen molar-refractivity contribution in [3.05, 3.63) is 42.4 Å². The third-order valence-corrected chi connectivity index (χ3v) is 4.06. The summed E-state index contributed by atoms with van der Waals surface area (Å²) in [6.45, 7) is 4.77. The lowest BCUT2D eigenvalue weighted by atomic mass is 9.97. The van der Waals surface area contributed by atoms with Gasteiger partial charge in [0.25, 0.3) is 0 Å². The van der Waals surface area contributed by atoms with Crippen molar-refractivity contribution in [2.24, 2.45) is 5.92 Å². The molecule has 2 rings (SSSR count). The number of nitrogens with one attached hydrogen (secondary N) is 2. The normalized spacial score (nSPS) is 12.2. The Hall–Kier alpha value is -2.41. The molecule has 7 heteroatoms. The topological polar surface area (TPSA) is 92.1 Å². The highest BCUT2D eigenvalue weighted by Crippen LogP contribution is 2.12. The average Bonchev–Trinajstić information content (AvgIpc) is 3.02. The van der Waals surface area contributed by atoms with Gasteiger partial charge >= 0.3 is 6.03 Å². The molecule has 0 saturated carbocycles. The van der Waals surface area contributed by atoms with E-state index >= 15 is 0 Å². The summed E-state index contributed by atoms with van der Waals surface area (Å²) in [7, 11) is 0. The van der Waals surface area contributed by atoms with Crippen LogP contribution >= 0.6 is 0 Å². The van der Waals surface area contributed by atoms with Crippen LogP contribution in [-0.4, -0.2) is 38.6 Å². The number of hydrogen-bond donors (Lipinski definition) is 3. The number of carbonyl (C=O) groups is 1. The van der Waals surface area contributed by atoms with Crippen LogP contribution in [0.5, 0.6) is 0 Å². The smallest absolute Gasteiger partial charge is 0.320 e. The summed E-state index contributed by atoms with van der Waals surface area (Å²) < 4.78 is 1.67. The van der Waals surface area contributed by atoms with E-state index in [1.807, 2.05) is 32.0 Å². The molecule has 0 spiro atoms. The summed E-state index contributed by atoms with van der Waals surface area (Å²) in [4.78, 5) is 16.3. The molecule has 2 heterocycles. The highest BCUT2D eigenvalue weighted by molar-refractivity contribution is 5.88. The van der Waals surface area contributed by atoms with E-state index in [1.54, 1.807) is 23.1 Å². The standard InChI is InChI=1S/C17H25N5O2/c1-3-13(4-2)15(23)11-19-17(24)21-16-8-10-20-22(16)12-14-7-5-6-9-18-14/h5-10,13,15,23H,3-4,11-12H2,1-2H3,(H2,19,21,24). The lowest BCUT2D eigenvalue weighted by Gasteiger charge is -2.20. The first-order valence-electron chi connectivity index (χ1n) is 8.28. The summed E-state index contributed by atoms with van der Waals surface area (Å²) in [5, 5.41) is 19.7. The van der Waals surface area contributed by atoms with Crippen molar-refractivity contribution < 1.29 is 9.90 Å². The number of pyridine rings is 1. The molecule has 1 atom stereocenters. The zero-order valence-electron chi connectivity index (χ0n) is 14.1. The molecule has 0 aliphatic carbocycles. The SMILES string of the molecule is CCC(CC)C(O)CNC(=O)Nc1ccnn1Cc1ccccn1. The van der Waals surface area contributed by atoms with Crippen molar-refractivity contribution in [1.29, 1.82) is 0 Å². The van der Waals surface area contributed by atoms with Gasteiger partial charge in [-0.3, -0.25) is 10.3 Å². The maximum Gasteiger partial charge on any atom is 0.320 e. The Labute approximate surface area is 142 Å². The molecule has 7 nitrogen and oxygen atoms in total. The molecule has 0 bridgehead atoms. The van der Waals surface area contributed by atoms with E-state index in [4.69, 9.17) is 0 Å². The minimum absolute atomic E-state index is 0.194. The van der Waals surface area contributed by atoms with Gasteiger partial charge in [0.05, 0.1) is 24.5 Å². The molecule has 0 aromatic carbocycles. The fraction of sp³-hybridized carbons (Fsp3) is 0.471. The Balaban J connectivity index is 1.87. The van der Waals surface area contributed by atoms with Crippen molar-refractivity contribution in [2.45, 2.75) is 39.3 Å². The third-order valence-electron chi connectivity index (χ3n) is 4.06. The van der Waals surface area contributed by atoms with Crippen molar-refractivity contribution in [3.8, 4) is 0 Å². The number of carbonyl (C=O) groups excluding carboxylic acids is 1. The highest BCUT2D eigenvalue weighted by atomic mass is 16.3. The first kappa shape index (κ1) is 17.9. The van der Waals surface area contributed by atoms with Crippen LogP contribution in [0.2, 0.25) is 0 Å². The monoisotopic (exact) mass is 331 g/mol. The number of nitrogens with zero attached hydrogens (tertiary/aromatic N) is 3. The molecule has 0 fully saturated rings. The summed E-state index contributed by atoms with van der Waals surface area (Å²) in [6.07, 6.45) is 4.58. The predicted octanol–water partition coefficient (Wildman–Crippen LogP) is 2.25. The van der Waals surface area contributed by atoms with Crippen molar-refractivity contribution in [1.82, 2.24) is 20.1 Å². The van der Waals surface area contributed by atoms with E-state index in [2.05, 4.69) is 20.7 Å². The van der Waals surface area contributed by atoms with Gasteiger partial charge in [-0.25, -0.2) is 9.48 Å². The number of anilines is 1. The van der Waals surface area contributed by atoms with Crippen molar-refractivity contribution >= 4 is 11.8 Å². The molecule has 2 aromatic heterocycles. The van der Waals surface area contributed by atoms with Crippen LogP contribution in [0.1, 0.15) is 32.4 Å². The Morgan fingerprint density at radius 2 is 2.04 bits per heavy atom. The Bertz CT molecular complexity index is 625. The van der Waals surface area contributed by atoms with E-state index in [-0.39, 0.29) is 18.5 Å². The molecule has 130 valence electrons. The summed E-state index contributed by atoms with van der Waals surface area (Å²) >= 11 is 0. The Kier molecular flexibility index (Phi) is 6.74. The average molecular weight is 331 g/mol. The molecule has 24 heavy (non-hydrogen) atoms. The number of aliphatic hydroxyl groups excluding tert-OH is 1. The van der Waals surface area contributed by atoms with Crippen molar-refractivity contribution in [2.75, 3.05) is 11.9 Å². The fourth-order valence-corrected chi connectivity index (χ4v) is 2.57. The van der Waals surface area contributed by atoms with E-state index in [9.17, 15) is 9.90 Å². The third kappa shape index (κ3) is 5.06. The minimum atomic E-state index is -0.538. The van der Waals surface area contributed by atoms with Gasteiger partial charge in [0.2, 0.25) is 0 Å². The Morgan fingerprint density at radius 1 is 1.25 bits per heavy atom. The maximum absolute atomic E-state index is 12.0. The van der Waals surface area contributed by atoms with Crippen LogP contribution in [0, 0.1) is 5.92 Å². The van der Waals surface area contributed by atoms with Crippen LogP contribution in [0.25, 0.3) is 0 Å². The molecule has 1 unspecified atom stereocenters. The number of rotatable bonds is 8. The van der Waals surface area contributed by atoms with Gasteiger partial charge < -0.3 is 10.4 Å². The predicted molar refractivity (Wildman–Crippen MR) is 92.7 cm³/mol. The Morgan fingerprint density at radius 3 is 2.71 bits per heavy atom. The first-order valence-corrected chi connectivity index (χ1v) is 8.28. The number of urea groups is 1.